The minimum Gasteiger partial charge on any atom is -0.352 e. The average molecular weight is 1200 g/mol. The summed E-state index contributed by atoms with van der Waals surface area (Å²) in [4.78, 5) is 14.5. The van der Waals surface area contributed by atoms with Crippen molar-refractivity contribution in [3.8, 4) is 78.3 Å². The second-order valence-corrected chi connectivity index (χ2v) is 17.1. The Hall–Kier alpha value is -4.67. The van der Waals surface area contributed by atoms with Crippen LogP contribution in [0.25, 0.3) is 78.3 Å². The summed E-state index contributed by atoms with van der Waals surface area (Å²) in [6.45, 7) is 17.8. The minimum absolute atomic E-state index is 0. The third-order valence-corrected chi connectivity index (χ3v) is 12.2. The van der Waals surface area contributed by atoms with Crippen LogP contribution in [0.1, 0.15) is 54.2 Å². The zero-order chi connectivity index (χ0) is 40.7. The normalized spacial score (nSPS) is 11.2. The molecule has 0 saturated heterocycles. The molecule has 3 nitrogen and oxygen atoms in total. The van der Waals surface area contributed by atoms with Gasteiger partial charge < -0.3 is 15.0 Å². The first kappa shape index (κ1) is 44.9. The van der Waals surface area contributed by atoms with E-state index in [1.54, 1.807) is 0 Å². The van der Waals surface area contributed by atoms with Gasteiger partial charge in [0, 0.05) is 58.2 Å². The summed E-state index contributed by atoms with van der Waals surface area (Å²) in [5.41, 5.74) is 22.5. The molecule has 3 aromatic heterocycles. The van der Waals surface area contributed by atoms with Gasteiger partial charge in [-0.1, -0.05) is 149 Å². The van der Waals surface area contributed by atoms with Crippen LogP contribution in [0.3, 0.4) is 0 Å². The number of pyridine rings is 3. The quantitative estimate of drug-likeness (QED) is 0.149. The molecule has 0 aliphatic rings. The number of nitrogens with zero attached hydrogens (tertiary/aromatic N) is 3. The van der Waals surface area contributed by atoms with Gasteiger partial charge in [-0.2, -0.15) is 0 Å². The van der Waals surface area contributed by atoms with Gasteiger partial charge in [0.15, 0.2) is 0 Å². The van der Waals surface area contributed by atoms with Crippen molar-refractivity contribution >= 4 is 15.9 Å². The van der Waals surface area contributed by atoms with Crippen LogP contribution in [-0.2, 0) is 45.6 Å². The van der Waals surface area contributed by atoms with Gasteiger partial charge in [-0.15, -0.1) is 41.5 Å². The molecule has 0 aliphatic heterocycles. The molecule has 0 N–H and O–H groups in total. The number of aromatic nitrogens is 3. The van der Waals surface area contributed by atoms with Crippen molar-refractivity contribution in [2.75, 3.05) is 0 Å². The van der Waals surface area contributed by atoms with E-state index in [1.807, 2.05) is 30.7 Å². The molecule has 0 spiro atoms. The van der Waals surface area contributed by atoms with Crippen molar-refractivity contribution in [3.63, 3.8) is 0 Å². The molecule has 0 amide bonds. The molecule has 2 radical (unpaired) electrons. The molecular weight excluding hydrogens is 1150 g/mol. The molecule has 0 bridgehead atoms. The van der Waals surface area contributed by atoms with Crippen molar-refractivity contribution in [1.82, 2.24) is 15.0 Å². The number of rotatable bonds is 7. The number of hydrogen-bond acceptors (Lipinski definition) is 3. The standard InChI is InChI=1S/C54H46BrN3.2Ir/c1-33-28-50(58-32-47(33)38-16-10-9-11-17-38)39-22-24-43(48(55)29-39)42-18-12-14-20-45(42)52-34(2)36(4)53(37(5)35(52)3)46-21-15-13-19-44(46)49-25-23-40(31-57-49)51-30-41(26-27-56-51)54(6,7)8;;/h9-21,24-32H,1-8H3;;/q-2;;. The third kappa shape index (κ3) is 8.73. The summed E-state index contributed by atoms with van der Waals surface area (Å²) < 4.78 is 1.00. The Labute approximate surface area is 391 Å². The van der Waals surface area contributed by atoms with E-state index in [9.17, 15) is 0 Å². The number of benzene rings is 5. The van der Waals surface area contributed by atoms with Crippen molar-refractivity contribution in [1.29, 1.82) is 0 Å². The predicted molar refractivity (Wildman–Crippen MR) is 246 cm³/mol. The van der Waals surface area contributed by atoms with Crippen LogP contribution in [0.15, 0.2) is 138 Å². The topological polar surface area (TPSA) is 38.7 Å². The summed E-state index contributed by atoms with van der Waals surface area (Å²) in [6, 6.07) is 47.5. The van der Waals surface area contributed by atoms with Crippen molar-refractivity contribution in [2.24, 2.45) is 0 Å². The van der Waals surface area contributed by atoms with Gasteiger partial charge in [0.25, 0.3) is 0 Å². The van der Waals surface area contributed by atoms with Gasteiger partial charge >= 0.3 is 0 Å². The Balaban J connectivity index is 0.00000302. The Morgan fingerprint density at radius 2 is 1.02 bits per heavy atom. The predicted octanol–water partition coefficient (Wildman–Crippen LogP) is 14.7. The Bertz CT molecular complexity index is 2800. The van der Waals surface area contributed by atoms with Gasteiger partial charge in [0.05, 0.1) is 0 Å². The maximum atomic E-state index is 4.99. The fourth-order valence-corrected chi connectivity index (χ4v) is 8.67. The summed E-state index contributed by atoms with van der Waals surface area (Å²) in [6.07, 6.45) is 5.75. The zero-order valence-electron chi connectivity index (χ0n) is 35.1. The summed E-state index contributed by atoms with van der Waals surface area (Å²) in [7, 11) is 0. The first-order chi connectivity index (χ1) is 27.9. The molecule has 0 fully saturated rings. The van der Waals surface area contributed by atoms with Gasteiger partial charge in [0.1, 0.15) is 0 Å². The van der Waals surface area contributed by atoms with E-state index < -0.39 is 0 Å². The van der Waals surface area contributed by atoms with E-state index in [1.165, 1.54) is 61.2 Å². The number of aryl methyl sites for hydroxylation is 1. The van der Waals surface area contributed by atoms with Gasteiger partial charge in [0.2, 0.25) is 0 Å². The molecule has 60 heavy (non-hydrogen) atoms. The fraction of sp³-hybridized carbons (Fsp3) is 0.167. The van der Waals surface area contributed by atoms with Crippen LogP contribution in [-0.4, -0.2) is 15.0 Å². The van der Waals surface area contributed by atoms with Crippen LogP contribution in [0.4, 0.5) is 0 Å². The number of hydrogen-bond donors (Lipinski definition) is 0. The van der Waals surface area contributed by atoms with Crippen LogP contribution in [0, 0.1) is 46.8 Å². The monoisotopic (exact) mass is 1200 g/mol. The van der Waals surface area contributed by atoms with Gasteiger partial charge in [-0.25, -0.2) is 0 Å². The van der Waals surface area contributed by atoms with Crippen molar-refractivity contribution in [3.05, 3.63) is 184 Å². The molecule has 0 aliphatic carbocycles. The van der Waals surface area contributed by atoms with Crippen molar-refractivity contribution in [2.45, 2.75) is 60.8 Å². The van der Waals surface area contributed by atoms with Crippen LogP contribution < -0.4 is 0 Å². The molecule has 5 aromatic carbocycles. The van der Waals surface area contributed by atoms with Gasteiger partial charge in [-0.05, 0) is 130 Å². The van der Waals surface area contributed by atoms with E-state index in [4.69, 9.17) is 9.97 Å². The van der Waals surface area contributed by atoms with E-state index >= 15 is 0 Å². The Kier molecular flexibility index (Phi) is 13.9. The van der Waals surface area contributed by atoms with Crippen LogP contribution >= 0.6 is 15.9 Å². The average Bonchev–Trinajstić information content (AvgIpc) is 3.23. The number of halogens is 1. The first-order valence-electron chi connectivity index (χ1n) is 19.8. The molecule has 8 aromatic rings. The maximum Gasteiger partial charge on any atom is 0.0242 e. The molecule has 0 unspecified atom stereocenters. The van der Waals surface area contributed by atoms with Crippen LogP contribution in [0.2, 0.25) is 0 Å². The molecule has 0 saturated carbocycles. The first-order valence-corrected chi connectivity index (χ1v) is 20.6. The Morgan fingerprint density at radius 3 is 1.58 bits per heavy atom. The fourth-order valence-electron chi connectivity index (χ4n) is 8.11. The van der Waals surface area contributed by atoms with E-state index in [0.717, 1.165) is 54.9 Å². The zero-order valence-corrected chi connectivity index (χ0v) is 41.5. The largest absolute Gasteiger partial charge is 0.352 e. The maximum absolute atomic E-state index is 4.99. The van der Waals surface area contributed by atoms with Gasteiger partial charge in [-0.3, -0.25) is 0 Å². The second-order valence-electron chi connectivity index (χ2n) is 16.2. The van der Waals surface area contributed by atoms with E-state index in [0.29, 0.717) is 0 Å². The molecule has 304 valence electrons. The molecule has 0 atom stereocenters. The SMILES string of the molecule is Cc1cc(-c2[c-]cc(-c3ccccc3-c3c(C)c(C)c(-c4ccccc4-c4c[c-]c(-c5cc(C(C)(C)C)ccn5)cn4)c(C)c3C)c(Br)c2)ncc1-c1ccccc1.[Ir].[Ir]. The van der Waals surface area contributed by atoms with E-state index in [-0.39, 0.29) is 45.6 Å². The third-order valence-electron chi connectivity index (χ3n) is 11.6. The van der Waals surface area contributed by atoms with E-state index in [2.05, 4.69) is 192 Å². The molecular formula is C54H46BrIr2N3-2. The second kappa shape index (κ2) is 18.5. The molecule has 6 heteroatoms. The van der Waals surface area contributed by atoms with Crippen LogP contribution in [0.5, 0.6) is 0 Å². The minimum atomic E-state index is 0. The Morgan fingerprint density at radius 1 is 0.483 bits per heavy atom. The smallest absolute Gasteiger partial charge is 0.0242 e. The summed E-state index contributed by atoms with van der Waals surface area (Å²) in [5.74, 6) is 0. The molecule has 8 rings (SSSR count). The summed E-state index contributed by atoms with van der Waals surface area (Å²) >= 11 is 3.96. The van der Waals surface area contributed by atoms with Crippen molar-refractivity contribution < 1.29 is 40.2 Å². The summed E-state index contributed by atoms with van der Waals surface area (Å²) in [5, 5.41) is 0. The molecule has 3 heterocycles.